The number of ether oxygens (including phenoxy) is 1. The van der Waals surface area contributed by atoms with E-state index >= 15 is 0 Å². The molecule has 2 fully saturated rings. The monoisotopic (exact) mass is 451 g/mol. The number of rotatable bonds is 7. The SMILES string of the molecule is CN(C)CC1(c2ccc(N3CC(CNC(=O)c4ccc(Cl)s4)OC3=O)cc2F)CC1. The predicted molar refractivity (Wildman–Crippen MR) is 115 cm³/mol. The summed E-state index contributed by atoms with van der Waals surface area (Å²) in [7, 11) is 3.97. The lowest BCUT2D eigenvalue weighted by Crippen LogP contribution is -2.34. The van der Waals surface area contributed by atoms with Crippen LogP contribution in [-0.4, -0.2) is 56.7 Å². The predicted octanol–water partition coefficient (Wildman–Crippen LogP) is 3.89. The number of benzene rings is 1. The Kier molecular flexibility index (Phi) is 5.74. The Morgan fingerprint density at radius 3 is 2.73 bits per heavy atom. The topological polar surface area (TPSA) is 61.9 Å². The van der Waals surface area contributed by atoms with E-state index in [9.17, 15) is 14.0 Å². The normalized spacial score (nSPS) is 19.8. The highest BCUT2D eigenvalue weighted by atomic mass is 35.5. The van der Waals surface area contributed by atoms with Gasteiger partial charge in [0.25, 0.3) is 5.91 Å². The summed E-state index contributed by atoms with van der Waals surface area (Å²) >= 11 is 7.03. The minimum absolute atomic E-state index is 0.130. The molecule has 0 bridgehead atoms. The number of nitrogens with zero attached hydrogens (tertiary/aromatic N) is 2. The molecule has 2 amide bonds. The van der Waals surface area contributed by atoms with E-state index in [1.54, 1.807) is 24.3 Å². The van der Waals surface area contributed by atoms with Crippen molar-refractivity contribution in [2.75, 3.05) is 38.6 Å². The molecule has 30 heavy (non-hydrogen) atoms. The van der Waals surface area contributed by atoms with Gasteiger partial charge in [-0.1, -0.05) is 17.7 Å². The number of carbonyl (C=O) groups excluding carboxylic acids is 2. The molecule has 0 spiro atoms. The molecule has 6 nitrogen and oxygen atoms in total. The van der Waals surface area contributed by atoms with Crippen LogP contribution in [0, 0.1) is 5.82 Å². The lowest BCUT2D eigenvalue weighted by Gasteiger charge is -2.22. The zero-order valence-corrected chi connectivity index (χ0v) is 18.4. The van der Waals surface area contributed by atoms with Crippen LogP contribution < -0.4 is 10.2 Å². The summed E-state index contributed by atoms with van der Waals surface area (Å²) in [5.41, 5.74) is 1.03. The van der Waals surface area contributed by atoms with Crippen LogP contribution in [0.1, 0.15) is 28.1 Å². The minimum atomic E-state index is -0.546. The summed E-state index contributed by atoms with van der Waals surface area (Å²) in [5, 5.41) is 2.74. The molecule has 2 aromatic rings. The summed E-state index contributed by atoms with van der Waals surface area (Å²) in [5.74, 6) is -0.571. The molecule has 1 aliphatic carbocycles. The van der Waals surface area contributed by atoms with Crippen molar-refractivity contribution in [3.05, 3.63) is 50.9 Å². The number of likely N-dealkylation sites (N-methyl/N-ethyl adjacent to an activating group) is 1. The molecule has 2 heterocycles. The molecule has 1 aromatic carbocycles. The lowest BCUT2D eigenvalue weighted by atomic mass is 9.94. The fourth-order valence-electron chi connectivity index (χ4n) is 3.94. The second-order valence-corrected chi connectivity index (χ2v) is 9.83. The highest BCUT2D eigenvalue weighted by Crippen LogP contribution is 2.49. The van der Waals surface area contributed by atoms with Gasteiger partial charge in [0.05, 0.1) is 28.0 Å². The van der Waals surface area contributed by atoms with E-state index in [1.165, 1.54) is 22.3 Å². The molecule has 1 saturated heterocycles. The molecular weight excluding hydrogens is 429 g/mol. The van der Waals surface area contributed by atoms with E-state index in [1.807, 2.05) is 14.1 Å². The van der Waals surface area contributed by atoms with Crippen LogP contribution in [0.4, 0.5) is 14.9 Å². The Hall–Kier alpha value is -2.16. The largest absolute Gasteiger partial charge is 0.442 e. The van der Waals surface area contributed by atoms with Gasteiger partial charge in [0.1, 0.15) is 11.9 Å². The second-order valence-electron chi connectivity index (χ2n) is 8.11. The molecule has 160 valence electrons. The van der Waals surface area contributed by atoms with Crippen molar-refractivity contribution in [3.8, 4) is 0 Å². The Bertz CT molecular complexity index is 976. The van der Waals surface area contributed by atoms with E-state index in [4.69, 9.17) is 16.3 Å². The highest BCUT2D eigenvalue weighted by molar-refractivity contribution is 7.17. The average Bonchev–Trinajstić information content (AvgIpc) is 3.14. The summed E-state index contributed by atoms with van der Waals surface area (Å²) < 4.78 is 20.8. The lowest BCUT2D eigenvalue weighted by molar-refractivity contribution is 0.0920. The van der Waals surface area contributed by atoms with E-state index in [2.05, 4.69) is 10.2 Å². The molecule has 2 aliphatic rings. The Morgan fingerprint density at radius 1 is 1.37 bits per heavy atom. The first kappa shape index (κ1) is 21.1. The van der Waals surface area contributed by atoms with Crippen LogP contribution in [-0.2, 0) is 10.2 Å². The second kappa shape index (κ2) is 8.17. The molecule has 1 saturated carbocycles. The fourth-order valence-corrected chi connectivity index (χ4v) is 4.90. The molecule has 4 rings (SSSR count). The van der Waals surface area contributed by atoms with Crippen molar-refractivity contribution >= 4 is 40.6 Å². The molecule has 1 aromatic heterocycles. The number of nitrogens with one attached hydrogen (secondary N) is 1. The van der Waals surface area contributed by atoms with Crippen molar-refractivity contribution in [1.82, 2.24) is 10.2 Å². The number of thiophene rings is 1. The fraction of sp³-hybridized carbons (Fsp3) is 0.429. The zero-order chi connectivity index (χ0) is 21.5. The van der Waals surface area contributed by atoms with Crippen LogP contribution in [0.3, 0.4) is 0 Å². The first-order valence-corrected chi connectivity index (χ1v) is 10.9. The first-order chi connectivity index (χ1) is 14.3. The van der Waals surface area contributed by atoms with Gasteiger partial charge in [-0.2, -0.15) is 0 Å². The number of carbonyl (C=O) groups is 2. The average molecular weight is 452 g/mol. The highest BCUT2D eigenvalue weighted by Gasteiger charge is 2.46. The van der Waals surface area contributed by atoms with Crippen molar-refractivity contribution in [2.45, 2.75) is 24.4 Å². The third-order valence-corrected chi connectivity index (χ3v) is 6.70. The van der Waals surface area contributed by atoms with Crippen LogP contribution in [0.5, 0.6) is 0 Å². The van der Waals surface area contributed by atoms with Gasteiger partial charge in [0, 0.05) is 12.0 Å². The van der Waals surface area contributed by atoms with Crippen LogP contribution in [0.2, 0.25) is 4.34 Å². The quantitative estimate of drug-likeness (QED) is 0.693. The summed E-state index contributed by atoms with van der Waals surface area (Å²) in [4.78, 5) is 28.4. The summed E-state index contributed by atoms with van der Waals surface area (Å²) in [6, 6.07) is 8.25. The third kappa shape index (κ3) is 4.31. The van der Waals surface area contributed by atoms with Crippen LogP contribution in [0.25, 0.3) is 0 Å². The van der Waals surface area contributed by atoms with Crippen LogP contribution >= 0.6 is 22.9 Å². The van der Waals surface area contributed by atoms with Crippen molar-refractivity contribution < 1.29 is 18.7 Å². The number of anilines is 1. The number of halogens is 2. The van der Waals surface area contributed by atoms with Crippen molar-refractivity contribution in [1.29, 1.82) is 0 Å². The Labute approximate surface area is 183 Å². The van der Waals surface area contributed by atoms with Crippen LogP contribution in [0.15, 0.2) is 30.3 Å². The van der Waals surface area contributed by atoms with Gasteiger partial charge in [0.2, 0.25) is 0 Å². The standard InChI is InChI=1S/C21H23ClFN3O3S/c1-25(2)12-21(7-8-21)15-4-3-13(9-16(15)23)26-11-14(29-20(26)28)10-24-19(27)17-5-6-18(22)30-17/h3-6,9,14H,7-8,10-12H2,1-2H3,(H,24,27). The number of hydrogen-bond donors (Lipinski definition) is 1. The van der Waals surface area contributed by atoms with Gasteiger partial charge >= 0.3 is 6.09 Å². The third-order valence-electron chi connectivity index (χ3n) is 5.47. The van der Waals surface area contributed by atoms with Gasteiger partial charge in [0.15, 0.2) is 0 Å². The Balaban J connectivity index is 1.39. The maximum Gasteiger partial charge on any atom is 0.414 e. The minimum Gasteiger partial charge on any atom is -0.442 e. The van der Waals surface area contributed by atoms with Gasteiger partial charge in [-0.15, -0.1) is 11.3 Å². The molecule has 9 heteroatoms. The maximum absolute atomic E-state index is 14.9. The van der Waals surface area contributed by atoms with Gasteiger partial charge in [-0.05, 0) is 56.8 Å². The van der Waals surface area contributed by atoms with E-state index in [0.29, 0.717) is 20.5 Å². The molecule has 0 radical (unpaired) electrons. The van der Waals surface area contributed by atoms with E-state index < -0.39 is 12.2 Å². The smallest absolute Gasteiger partial charge is 0.414 e. The van der Waals surface area contributed by atoms with Gasteiger partial charge < -0.3 is 15.0 Å². The van der Waals surface area contributed by atoms with E-state index in [-0.39, 0.29) is 30.2 Å². The zero-order valence-electron chi connectivity index (χ0n) is 16.8. The van der Waals surface area contributed by atoms with Gasteiger partial charge in [-0.25, -0.2) is 9.18 Å². The van der Waals surface area contributed by atoms with Crippen molar-refractivity contribution in [2.24, 2.45) is 0 Å². The number of amides is 2. The molecule has 1 aliphatic heterocycles. The number of cyclic esters (lactones) is 1. The molecule has 1 unspecified atom stereocenters. The summed E-state index contributed by atoms with van der Waals surface area (Å²) in [6.45, 7) is 1.21. The first-order valence-electron chi connectivity index (χ1n) is 9.74. The Morgan fingerprint density at radius 2 is 2.13 bits per heavy atom. The number of hydrogen-bond acceptors (Lipinski definition) is 5. The molecule has 1 atom stereocenters. The van der Waals surface area contributed by atoms with Gasteiger partial charge in [-0.3, -0.25) is 9.69 Å². The molecule has 1 N–H and O–H groups in total. The molecular formula is C21H23ClFN3O3S. The maximum atomic E-state index is 14.9. The van der Waals surface area contributed by atoms with E-state index in [0.717, 1.165) is 19.4 Å². The van der Waals surface area contributed by atoms with Crippen molar-refractivity contribution in [3.63, 3.8) is 0 Å². The summed E-state index contributed by atoms with van der Waals surface area (Å²) in [6.07, 6.45) is 0.868.